The fourth-order valence-electron chi connectivity index (χ4n) is 4.16. The van der Waals surface area contributed by atoms with E-state index in [1.165, 1.54) is 6.42 Å². The minimum Gasteiger partial charge on any atom is -0.327 e. The van der Waals surface area contributed by atoms with Gasteiger partial charge in [0.2, 0.25) is 5.91 Å². The number of benzene rings is 1. The maximum Gasteiger partial charge on any atom is 0.229 e. The van der Waals surface area contributed by atoms with Crippen LogP contribution in [0.3, 0.4) is 0 Å². The van der Waals surface area contributed by atoms with Crippen molar-refractivity contribution >= 4 is 11.6 Å². The van der Waals surface area contributed by atoms with E-state index >= 15 is 0 Å². The maximum absolute atomic E-state index is 12.7. The van der Waals surface area contributed by atoms with Crippen molar-refractivity contribution in [1.82, 2.24) is 20.2 Å². The Hall–Kier alpha value is -2.28. The fourth-order valence-corrected chi connectivity index (χ4v) is 4.16. The zero-order valence-electron chi connectivity index (χ0n) is 13.0. The van der Waals surface area contributed by atoms with E-state index in [2.05, 4.69) is 20.8 Å². The number of hydrogen-bond donors (Lipinski definition) is 2. The molecule has 1 aromatic carbocycles. The molecule has 1 amide bonds. The molecule has 0 aliphatic heterocycles. The summed E-state index contributed by atoms with van der Waals surface area (Å²) in [5.74, 6) is 0.938. The first-order chi connectivity index (χ1) is 11.1. The maximum atomic E-state index is 12.7. The van der Waals surface area contributed by atoms with Crippen LogP contribution in [0.25, 0.3) is 5.69 Å². The topological polar surface area (TPSA) is 98.7 Å². The average Bonchev–Trinajstić information content (AvgIpc) is 3.25. The molecule has 4 unspecified atom stereocenters. The summed E-state index contributed by atoms with van der Waals surface area (Å²) in [6, 6.07) is 5.74. The highest BCUT2D eigenvalue weighted by Crippen LogP contribution is 2.47. The third-order valence-electron chi connectivity index (χ3n) is 5.36. The third kappa shape index (κ3) is 2.41. The molecule has 120 valence electrons. The van der Waals surface area contributed by atoms with Gasteiger partial charge in [0.15, 0.2) is 0 Å². The van der Waals surface area contributed by atoms with E-state index in [0.29, 0.717) is 11.8 Å². The predicted molar refractivity (Wildman–Crippen MR) is 84.8 cm³/mol. The molecule has 4 rings (SSSR count). The molecule has 23 heavy (non-hydrogen) atoms. The molecule has 2 bridgehead atoms. The number of nitrogens with one attached hydrogen (secondary N) is 1. The third-order valence-corrected chi connectivity index (χ3v) is 5.36. The Morgan fingerprint density at radius 1 is 1.35 bits per heavy atom. The van der Waals surface area contributed by atoms with Gasteiger partial charge in [-0.25, -0.2) is 4.68 Å². The predicted octanol–water partition coefficient (Wildman–Crippen LogP) is 1.28. The molecular weight excluding hydrogens is 292 g/mol. The molecule has 2 fully saturated rings. The van der Waals surface area contributed by atoms with Crippen LogP contribution in [0.4, 0.5) is 5.69 Å². The lowest BCUT2D eigenvalue weighted by molar-refractivity contribution is -0.121. The van der Waals surface area contributed by atoms with Gasteiger partial charge in [-0.1, -0.05) is 6.07 Å². The van der Waals surface area contributed by atoms with Crippen LogP contribution in [0.15, 0.2) is 24.5 Å². The van der Waals surface area contributed by atoms with Gasteiger partial charge in [0.1, 0.15) is 6.33 Å². The second kappa shape index (κ2) is 5.42. The van der Waals surface area contributed by atoms with Crippen LogP contribution in [-0.4, -0.2) is 32.2 Å². The molecule has 0 radical (unpaired) electrons. The van der Waals surface area contributed by atoms with Crippen molar-refractivity contribution in [3.8, 4) is 5.69 Å². The van der Waals surface area contributed by atoms with E-state index in [4.69, 9.17) is 5.73 Å². The van der Waals surface area contributed by atoms with Crippen LogP contribution in [0.5, 0.6) is 0 Å². The van der Waals surface area contributed by atoms with Crippen molar-refractivity contribution in [3.05, 3.63) is 30.1 Å². The number of aromatic nitrogens is 4. The number of carbonyl (C=O) groups excluding carboxylic acids is 1. The van der Waals surface area contributed by atoms with E-state index in [0.717, 1.165) is 29.8 Å². The zero-order valence-corrected chi connectivity index (χ0v) is 13.0. The highest BCUT2D eigenvalue weighted by atomic mass is 16.2. The molecule has 2 aromatic rings. The summed E-state index contributed by atoms with van der Waals surface area (Å²) >= 11 is 0. The molecule has 1 heterocycles. The number of hydrogen-bond acceptors (Lipinski definition) is 5. The SMILES string of the molecule is Cc1ccc(NC(=O)C2C3CCC(C3)C2N)cc1-n1cnnn1. The molecule has 1 aromatic heterocycles. The van der Waals surface area contributed by atoms with Crippen molar-refractivity contribution in [1.29, 1.82) is 0 Å². The Kier molecular flexibility index (Phi) is 3.37. The summed E-state index contributed by atoms with van der Waals surface area (Å²) in [6.07, 6.45) is 4.94. The smallest absolute Gasteiger partial charge is 0.229 e. The van der Waals surface area contributed by atoms with E-state index in [1.54, 1.807) is 11.0 Å². The normalized spacial score (nSPS) is 29.0. The first-order valence-electron chi connectivity index (χ1n) is 8.04. The van der Waals surface area contributed by atoms with Crippen molar-refractivity contribution in [2.45, 2.75) is 32.2 Å². The van der Waals surface area contributed by atoms with Crippen molar-refractivity contribution in [3.63, 3.8) is 0 Å². The van der Waals surface area contributed by atoms with Gasteiger partial charge in [-0.05, 0) is 66.1 Å². The average molecular weight is 312 g/mol. The first-order valence-corrected chi connectivity index (χ1v) is 8.04. The van der Waals surface area contributed by atoms with Gasteiger partial charge < -0.3 is 11.1 Å². The Labute approximate surface area is 134 Å². The molecule has 2 aliphatic carbocycles. The van der Waals surface area contributed by atoms with Crippen molar-refractivity contribution < 1.29 is 4.79 Å². The van der Waals surface area contributed by atoms with Crippen LogP contribution in [0.2, 0.25) is 0 Å². The van der Waals surface area contributed by atoms with Gasteiger partial charge >= 0.3 is 0 Å². The van der Waals surface area contributed by atoms with Crippen molar-refractivity contribution in [2.24, 2.45) is 23.5 Å². The number of carbonyl (C=O) groups is 1. The van der Waals surface area contributed by atoms with Gasteiger partial charge in [0, 0.05) is 11.7 Å². The van der Waals surface area contributed by atoms with Crippen LogP contribution >= 0.6 is 0 Å². The van der Waals surface area contributed by atoms with Crippen LogP contribution in [0.1, 0.15) is 24.8 Å². The van der Waals surface area contributed by atoms with E-state index < -0.39 is 0 Å². The van der Waals surface area contributed by atoms with Gasteiger partial charge in [0.05, 0.1) is 11.6 Å². The number of anilines is 1. The largest absolute Gasteiger partial charge is 0.327 e. The Morgan fingerprint density at radius 2 is 2.17 bits per heavy atom. The van der Waals surface area contributed by atoms with Crippen LogP contribution in [-0.2, 0) is 4.79 Å². The van der Waals surface area contributed by atoms with Gasteiger partial charge in [0.25, 0.3) is 0 Å². The molecule has 2 aliphatic rings. The minimum atomic E-state index is -0.0634. The lowest BCUT2D eigenvalue weighted by atomic mass is 9.84. The van der Waals surface area contributed by atoms with E-state index in [-0.39, 0.29) is 17.9 Å². The molecule has 0 saturated heterocycles. The molecule has 2 saturated carbocycles. The van der Waals surface area contributed by atoms with Crippen LogP contribution < -0.4 is 11.1 Å². The quantitative estimate of drug-likeness (QED) is 0.889. The number of aryl methyl sites for hydroxylation is 1. The second-order valence-corrected chi connectivity index (χ2v) is 6.68. The summed E-state index contributed by atoms with van der Waals surface area (Å²) in [5.41, 5.74) is 8.90. The number of nitrogens with zero attached hydrogens (tertiary/aromatic N) is 4. The summed E-state index contributed by atoms with van der Waals surface area (Å²) in [4.78, 5) is 12.7. The standard InChI is InChI=1S/C16H20N6O/c1-9-2-5-12(7-13(9)22-8-18-20-21-22)19-16(23)14-10-3-4-11(6-10)15(14)17/h2,5,7-8,10-11,14-15H,3-4,6,17H2,1H3,(H,19,23). The Morgan fingerprint density at radius 3 is 2.87 bits per heavy atom. The Balaban J connectivity index is 1.55. The summed E-state index contributed by atoms with van der Waals surface area (Å²) in [6.45, 7) is 1.98. The highest BCUT2D eigenvalue weighted by molar-refractivity contribution is 5.94. The van der Waals surface area contributed by atoms with Crippen molar-refractivity contribution in [2.75, 3.05) is 5.32 Å². The van der Waals surface area contributed by atoms with Gasteiger partial charge in [-0.3, -0.25) is 4.79 Å². The monoisotopic (exact) mass is 312 g/mol. The summed E-state index contributed by atoms with van der Waals surface area (Å²) < 4.78 is 1.59. The van der Waals surface area contributed by atoms with E-state index in [1.807, 2.05) is 25.1 Å². The lowest BCUT2D eigenvalue weighted by Crippen LogP contribution is -2.42. The summed E-state index contributed by atoms with van der Waals surface area (Å²) in [7, 11) is 0. The molecule has 7 heteroatoms. The van der Waals surface area contributed by atoms with Gasteiger partial charge in [-0.15, -0.1) is 5.10 Å². The van der Waals surface area contributed by atoms with Crippen LogP contribution in [0, 0.1) is 24.7 Å². The molecular formula is C16H20N6O. The second-order valence-electron chi connectivity index (χ2n) is 6.68. The number of tetrazole rings is 1. The molecule has 0 spiro atoms. The number of amides is 1. The fraction of sp³-hybridized carbons (Fsp3) is 0.500. The highest BCUT2D eigenvalue weighted by Gasteiger charge is 2.49. The lowest BCUT2D eigenvalue weighted by Gasteiger charge is -2.27. The minimum absolute atomic E-state index is 0.00168. The number of rotatable bonds is 3. The molecule has 3 N–H and O–H groups in total. The molecule has 7 nitrogen and oxygen atoms in total. The zero-order chi connectivity index (χ0) is 16.0. The number of fused-ring (bicyclic) bond motifs is 2. The summed E-state index contributed by atoms with van der Waals surface area (Å²) in [5, 5.41) is 14.3. The number of nitrogens with two attached hydrogens (primary N) is 1. The molecule has 4 atom stereocenters. The first kappa shape index (κ1) is 14.3. The van der Waals surface area contributed by atoms with E-state index in [9.17, 15) is 4.79 Å². The van der Waals surface area contributed by atoms with Gasteiger partial charge in [-0.2, -0.15) is 0 Å². The Bertz CT molecular complexity index is 726.